The maximum atomic E-state index is 10.2. The minimum absolute atomic E-state index is 0.152. The van der Waals surface area contributed by atoms with E-state index in [-0.39, 0.29) is 5.92 Å². The van der Waals surface area contributed by atoms with E-state index in [1.165, 1.54) is 37.7 Å². The summed E-state index contributed by atoms with van der Waals surface area (Å²) in [7, 11) is 0. The first-order chi connectivity index (χ1) is 14.0. The number of aliphatic hydroxyl groups excluding tert-OH is 2. The highest BCUT2D eigenvalue weighted by Crippen LogP contribution is 2.59. The number of allylic oxidation sites excluding steroid dienone is 4. The van der Waals surface area contributed by atoms with Crippen LogP contribution in [0.5, 0.6) is 0 Å². The van der Waals surface area contributed by atoms with Gasteiger partial charge in [0, 0.05) is 5.92 Å². The Bertz CT molecular complexity index is 671. The fourth-order valence-electron chi connectivity index (χ4n) is 6.39. The highest BCUT2D eigenvalue weighted by molar-refractivity contribution is 5.26. The second kappa shape index (κ2) is 9.30. The molecule has 0 radical (unpaired) electrons. The lowest BCUT2D eigenvalue weighted by Crippen LogP contribution is -2.35. The zero-order valence-corrected chi connectivity index (χ0v) is 19.8. The molecule has 0 spiro atoms. The molecule has 3 nitrogen and oxygen atoms in total. The molecule has 3 rings (SSSR count). The third kappa shape index (κ3) is 5.29. The summed E-state index contributed by atoms with van der Waals surface area (Å²) in [6.07, 6.45) is 16.5. The van der Waals surface area contributed by atoms with Gasteiger partial charge in [0.1, 0.15) is 0 Å². The number of rotatable bonds is 5. The summed E-state index contributed by atoms with van der Waals surface area (Å²) >= 11 is 0. The molecule has 0 aromatic carbocycles. The van der Waals surface area contributed by atoms with Crippen molar-refractivity contribution in [3.8, 4) is 0 Å². The number of hydrogen-bond acceptors (Lipinski definition) is 3. The lowest BCUT2D eigenvalue weighted by molar-refractivity contribution is 0.0436. The average molecular weight is 417 g/mol. The van der Waals surface area contributed by atoms with E-state index in [0.29, 0.717) is 42.4 Å². The van der Waals surface area contributed by atoms with Gasteiger partial charge in [0.2, 0.25) is 0 Å². The van der Waals surface area contributed by atoms with Crippen LogP contribution in [0.15, 0.2) is 35.5 Å². The van der Waals surface area contributed by atoms with Crippen LogP contribution in [0.3, 0.4) is 0 Å². The monoisotopic (exact) mass is 416 g/mol. The summed E-state index contributed by atoms with van der Waals surface area (Å²) < 4.78 is 0. The molecule has 3 heteroatoms. The van der Waals surface area contributed by atoms with Gasteiger partial charge >= 0.3 is 0 Å². The van der Waals surface area contributed by atoms with E-state index >= 15 is 0 Å². The second-order valence-corrected chi connectivity index (χ2v) is 11.3. The van der Waals surface area contributed by atoms with Gasteiger partial charge in [-0.15, -0.1) is 0 Å². The quantitative estimate of drug-likeness (QED) is 0.514. The molecule has 0 saturated heterocycles. The van der Waals surface area contributed by atoms with E-state index in [1.807, 2.05) is 13.8 Å². The van der Waals surface area contributed by atoms with E-state index in [9.17, 15) is 15.3 Å². The minimum atomic E-state index is -0.674. The maximum Gasteiger partial charge on any atom is 0.0651 e. The summed E-state index contributed by atoms with van der Waals surface area (Å²) in [5.74, 6) is 2.00. The molecular weight excluding hydrogens is 372 g/mol. The van der Waals surface area contributed by atoms with Crippen molar-refractivity contribution < 1.29 is 15.3 Å². The van der Waals surface area contributed by atoms with Gasteiger partial charge < -0.3 is 15.3 Å². The van der Waals surface area contributed by atoms with Crippen molar-refractivity contribution in [2.24, 2.45) is 29.1 Å². The molecule has 3 N–H and O–H groups in total. The Hall–Kier alpha value is -0.900. The van der Waals surface area contributed by atoms with E-state index < -0.39 is 17.8 Å². The highest BCUT2D eigenvalue weighted by atomic mass is 16.3. The van der Waals surface area contributed by atoms with Gasteiger partial charge in [-0.3, -0.25) is 0 Å². The van der Waals surface area contributed by atoms with E-state index in [0.717, 1.165) is 0 Å². The SMILES string of the molecule is C[C@H](/C=C/[C@H](C)C(C)(C)O)C1CC[C@H]2/C(=C/C=C3\CC(O)C[C@H](O)C3)CCCC12C. The molecule has 0 bridgehead atoms. The molecule has 0 heterocycles. The van der Waals surface area contributed by atoms with Crippen LogP contribution in [-0.4, -0.2) is 33.1 Å². The molecule has 0 aromatic heterocycles. The van der Waals surface area contributed by atoms with Crippen LogP contribution in [0.1, 0.15) is 86.0 Å². The van der Waals surface area contributed by atoms with Crippen molar-refractivity contribution in [2.45, 2.75) is 104 Å². The molecule has 3 aliphatic rings. The van der Waals surface area contributed by atoms with Gasteiger partial charge in [0.25, 0.3) is 0 Å². The first kappa shape index (κ1) is 23.8. The molecule has 0 amide bonds. The number of fused-ring (bicyclic) bond motifs is 1. The molecule has 3 aliphatic carbocycles. The van der Waals surface area contributed by atoms with Crippen LogP contribution < -0.4 is 0 Å². The fraction of sp³-hybridized carbons (Fsp3) is 0.778. The second-order valence-electron chi connectivity index (χ2n) is 11.3. The molecule has 3 fully saturated rings. The van der Waals surface area contributed by atoms with Crippen molar-refractivity contribution in [1.29, 1.82) is 0 Å². The Kier molecular flexibility index (Phi) is 7.37. The van der Waals surface area contributed by atoms with Crippen molar-refractivity contribution in [3.05, 3.63) is 35.5 Å². The molecular formula is C27H44O3. The van der Waals surface area contributed by atoms with Crippen LogP contribution >= 0.6 is 0 Å². The topological polar surface area (TPSA) is 60.7 Å². The van der Waals surface area contributed by atoms with Gasteiger partial charge in [0.15, 0.2) is 0 Å². The Morgan fingerprint density at radius 2 is 1.70 bits per heavy atom. The summed E-state index contributed by atoms with van der Waals surface area (Å²) in [6.45, 7) is 10.7. The average Bonchev–Trinajstić information content (AvgIpc) is 3.00. The van der Waals surface area contributed by atoms with Gasteiger partial charge in [-0.05, 0) is 88.4 Å². The minimum Gasteiger partial charge on any atom is -0.393 e. The first-order valence-electron chi connectivity index (χ1n) is 12.2. The van der Waals surface area contributed by atoms with Gasteiger partial charge in [-0.25, -0.2) is 0 Å². The number of aliphatic hydroxyl groups is 3. The molecule has 0 aliphatic heterocycles. The largest absolute Gasteiger partial charge is 0.393 e. The third-order valence-corrected chi connectivity index (χ3v) is 8.56. The van der Waals surface area contributed by atoms with Crippen LogP contribution in [0, 0.1) is 29.1 Å². The van der Waals surface area contributed by atoms with E-state index in [4.69, 9.17) is 0 Å². The van der Waals surface area contributed by atoms with Crippen molar-refractivity contribution in [3.63, 3.8) is 0 Å². The molecule has 0 aromatic rings. The molecule has 30 heavy (non-hydrogen) atoms. The van der Waals surface area contributed by atoms with E-state index in [1.54, 1.807) is 5.57 Å². The normalized spacial score (nSPS) is 40.1. The highest BCUT2D eigenvalue weighted by Gasteiger charge is 2.50. The molecule has 170 valence electrons. The van der Waals surface area contributed by atoms with Crippen LogP contribution in [0.4, 0.5) is 0 Å². The van der Waals surface area contributed by atoms with Crippen molar-refractivity contribution in [1.82, 2.24) is 0 Å². The smallest absolute Gasteiger partial charge is 0.0651 e. The predicted octanol–water partition coefficient (Wildman–Crippen LogP) is 5.56. The summed E-state index contributed by atoms with van der Waals surface area (Å²) in [6, 6.07) is 0. The van der Waals surface area contributed by atoms with Gasteiger partial charge in [0.05, 0.1) is 17.8 Å². The lowest BCUT2D eigenvalue weighted by Gasteiger charge is -2.44. The summed E-state index contributed by atoms with van der Waals surface area (Å²) in [4.78, 5) is 0. The zero-order chi connectivity index (χ0) is 22.1. The standard InChI is InChI=1S/C27H44O3/c1-18(8-9-19(2)26(3,4)30)24-12-13-25-21(7-6-14-27(24,25)5)11-10-20-15-22(28)17-23(29)16-20/h8-11,18-19,22-25,28-30H,6-7,12-17H2,1-5H3/b9-8+,20-10-,21-11+/t18-,19+,22-,23?,24?,25+,27?/m1/s1. The Balaban J connectivity index is 1.73. The Morgan fingerprint density at radius 3 is 2.33 bits per heavy atom. The van der Waals surface area contributed by atoms with Crippen molar-refractivity contribution >= 4 is 0 Å². The van der Waals surface area contributed by atoms with Gasteiger partial charge in [-0.1, -0.05) is 56.2 Å². The summed E-state index contributed by atoms with van der Waals surface area (Å²) in [5, 5.41) is 30.2. The van der Waals surface area contributed by atoms with E-state index in [2.05, 4.69) is 45.1 Å². The first-order valence-corrected chi connectivity index (χ1v) is 12.2. The third-order valence-electron chi connectivity index (χ3n) is 8.56. The summed E-state index contributed by atoms with van der Waals surface area (Å²) in [5.41, 5.74) is 2.43. The van der Waals surface area contributed by atoms with Crippen molar-refractivity contribution in [2.75, 3.05) is 0 Å². The fourth-order valence-corrected chi connectivity index (χ4v) is 6.39. The predicted molar refractivity (Wildman–Crippen MR) is 124 cm³/mol. The molecule has 7 atom stereocenters. The van der Waals surface area contributed by atoms with Crippen LogP contribution in [0.2, 0.25) is 0 Å². The molecule has 3 saturated carbocycles. The van der Waals surface area contributed by atoms with Gasteiger partial charge in [-0.2, -0.15) is 0 Å². The lowest BCUT2D eigenvalue weighted by atomic mass is 9.61. The Labute approximate surface area is 184 Å². The molecule has 3 unspecified atom stereocenters. The van der Waals surface area contributed by atoms with Crippen LogP contribution in [-0.2, 0) is 0 Å². The van der Waals surface area contributed by atoms with Crippen LogP contribution in [0.25, 0.3) is 0 Å². The zero-order valence-electron chi connectivity index (χ0n) is 19.8. The Morgan fingerprint density at radius 1 is 1.03 bits per heavy atom. The maximum absolute atomic E-state index is 10.2. The number of hydrogen-bond donors (Lipinski definition) is 3.